The van der Waals surface area contributed by atoms with Crippen molar-refractivity contribution >= 4 is 6.03 Å². The third-order valence-corrected chi connectivity index (χ3v) is 7.15. The Hall–Kier alpha value is -2.33. The zero-order chi connectivity index (χ0) is 19.6. The van der Waals surface area contributed by atoms with Gasteiger partial charge in [0.05, 0.1) is 6.61 Å². The van der Waals surface area contributed by atoms with Crippen molar-refractivity contribution in [3.8, 4) is 0 Å². The second kappa shape index (κ2) is 8.19. The van der Waals surface area contributed by atoms with Gasteiger partial charge in [-0.25, -0.2) is 4.79 Å². The SMILES string of the molecule is O=C(NCC1CCCc2ccccc21)N1CC(c2ccccc2)C2COCCC21. The largest absolute Gasteiger partial charge is 0.381 e. The van der Waals surface area contributed by atoms with Gasteiger partial charge in [0, 0.05) is 43.5 Å². The molecule has 2 saturated heterocycles. The number of carbonyl (C=O) groups excluding carboxylic acids is 1. The molecule has 2 aliphatic heterocycles. The first-order chi connectivity index (χ1) is 14.3. The van der Waals surface area contributed by atoms with Crippen LogP contribution in [0.3, 0.4) is 0 Å². The molecule has 152 valence electrons. The van der Waals surface area contributed by atoms with Crippen LogP contribution in [-0.4, -0.2) is 43.3 Å². The molecule has 4 atom stereocenters. The average molecular weight is 391 g/mol. The van der Waals surface area contributed by atoms with Crippen molar-refractivity contribution in [2.45, 2.75) is 43.6 Å². The van der Waals surface area contributed by atoms with Crippen LogP contribution in [0.25, 0.3) is 0 Å². The van der Waals surface area contributed by atoms with Crippen LogP contribution in [0.4, 0.5) is 4.79 Å². The normalized spacial score (nSPS) is 28.5. The van der Waals surface area contributed by atoms with Crippen LogP contribution in [0, 0.1) is 5.92 Å². The smallest absolute Gasteiger partial charge is 0.317 e. The van der Waals surface area contributed by atoms with E-state index in [1.165, 1.54) is 23.1 Å². The number of nitrogens with zero attached hydrogens (tertiary/aromatic N) is 1. The fourth-order valence-electron chi connectivity index (χ4n) is 5.67. The Morgan fingerprint density at radius 2 is 1.90 bits per heavy atom. The summed E-state index contributed by atoms with van der Waals surface area (Å²) in [6, 6.07) is 19.7. The van der Waals surface area contributed by atoms with E-state index in [1.54, 1.807) is 0 Å². The van der Waals surface area contributed by atoms with E-state index >= 15 is 0 Å². The lowest BCUT2D eigenvalue weighted by Crippen LogP contribution is -2.47. The summed E-state index contributed by atoms with van der Waals surface area (Å²) >= 11 is 0. The van der Waals surface area contributed by atoms with E-state index in [-0.39, 0.29) is 12.1 Å². The van der Waals surface area contributed by atoms with E-state index in [0.29, 0.717) is 17.8 Å². The molecule has 1 N–H and O–H groups in total. The van der Waals surface area contributed by atoms with E-state index < -0.39 is 0 Å². The molecule has 29 heavy (non-hydrogen) atoms. The summed E-state index contributed by atoms with van der Waals surface area (Å²) in [5, 5.41) is 3.29. The third kappa shape index (κ3) is 3.66. The second-order valence-electron chi connectivity index (χ2n) is 8.74. The quantitative estimate of drug-likeness (QED) is 0.848. The number of fused-ring (bicyclic) bond motifs is 2. The summed E-state index contributed by atoms with van der Waals surface area (Å²) in [5.74, 6) is 1.19. The third-order valence-electron chi connectivity index (χ3n) is 7.15. The molecule has 5 rings (SSSR count). The van der Waals surface area contributed by atoms with Crippen molar-refractivity contribution in [1.29, 1.82) is 0 Å². The minimum Gasteiger partial charge on any atom is -0.381 e. The summed E-state index contributed by atoms with van der Waals surface area (Å²) < 4.78 is 5.80. The van der Waals surface area contributed by atoms with Gasteiger partial charge in [0.25, 0.3) is 0 Å². The molecule has 2 heterocycles. The van der Waals surface area contributed by atoms with Crippen molar-refractivity contribution < 1.29 is 9.53 Å². The fraction of sp³-hybridized carbons (Fsp3) is 0.480. The molecule has 0 spiro atoms. The van der Waals surface area contributed by atoms with Gasteiger partial charge in [-0.2, -0.15) is 0 Å². The van der Waals surface area contributed by atoms with Gasteiger partial charge >= 0.3 is 6.03 Å². The highest BCUT2D eigenvalue weighted by Crippen LogP contribution is 2.41. The molecular formula is C25H30N2O2. The van der Waals surface area contributed by atoms with Crippen LogP contribution in [-0.2, 0) is 11.2 Å². The van der Waals surface area contributed by atoms with Gasteiger partial charge in [0.1, 0.15) is 0 Å². The average Bonchev–Trinajstić information content (AvgIpc) is 3.18. The number of nitrogens with one attached hydrogen (secondary N) is 1. The van der Waals surface area contributed by atoms with Crippen molar-refractivity contribution in [2.75, 3.05) is 26.3 Å². The van der Waals surface area contributed by atoms with Gasteiger partial charge in [-0.15, -0.1) is 0 Å². The number of likely N-dealkylation sites (tertiary alicyclic amines) is 1. The van der Waals surface area contributed by atoms with Gasteiger partial charge in [-0.3, -0.25) is 0 Å². The van der Waals surface area contributed by atoms with Crippen LogP contribution in [0.2, 0.25) is 0 Å². The van der Waals surface area contributed by atoms with Crippen LogP contribution in [0.15, 0.2) is 54.6 Å². The lowest BCUT2D eigenvalue weighted by atomic mass is 9.83. The molecule has 0 bridgehead atoms. The summed E-state index contributed by atoms with van der Waals surface area (Å²) in [5.41, 5.74) is 4.20. The molecule has 2 aromatic rings. The maximum absolute atomic E-state index is 13.2. The number of hydrogen-bond donors (Lipinski definition) is 1. The highest BCUT2D eigenvalue weighted by molar-refractivity contribution is 5.75. The van der Waals surface area contributed by atoms with Gasteiger partial charge in [-0.05, 0) is 42.4 Å². The molecule has 1 aliphatic carbocycles. The molecule has 4 unspecified atom stereocenters. The number of benzene rings is 2. The summed E-state index contributed by atoms with van der Waals surface area (Å²) in [4.78, 5) is 15.3. The van der Waals surface area contributed by atoms with E-state index in [2.05, 4.69) is 64.8 Å². The van der Waals surface area contributed by atoms with Crippen molar-refractivity contribution in [1.82, 2.24) is 10.2 Å². The highest BCUT2D eigenvalue weighted by atomic mass is 16.5. The fourth-order valence-corrected chi connectivity index (χ4v) is 5.67. The molecule has 0 saturated carbocycles. The Kier molecular flexibility index (Phi) is 5.28. The Bertz CT molecular complexity index is 853. The first kappa shape index (κ1) is 18.7. The Balaban J connectivity index is 1.28. The molecule has 4 nitrogen and oxygen atoms in total. The number of ether oxygens (including phenoxy) is 1. The number of urea groups is 1. The van der Waals surface area contributed by atoms with Crippen molar-refractivity contribution in [2.24, 2.45) is 5.92 Å². The lowest BCUT2D eigenvalue weighted by molar-refractivity contribution is 0.0261. The molecule has 2 aromatic carbocycles. The topological polar surface area (TPSA) is 41.6 Å². The summed E-state index contributed by atoms with van der Waals surface area (Å²) in [6.45, 7) is 3.03. The molecule has 2 amide bonds. The first-order valence-electron chi connectivity index (χ1n) is 11.1. The Morgan fingerprint density at radius 3 is 2.79 bits per heavy atom. The first-order valence-corrected chi connectivity index (χ1v) is 11.1. The van der Waals surface area contributed by atoms with E-state index in [4.69, 9.17) is 4.74 Å². The van der Waals surface area contributed by atoms with Crippen LogP contribution < -0.4 is 5.32 Å². The predicted octanol–water partition coefficient (Wildman–Crippen LogP) is 4.32. The Labute approximate surface area is 173 Å². The van der Waals surface area contributed by atoms with Crippen molar-refractivity contribution in [3.05, 3.63) is 71.3 Å². The minimum absolute atomic E-state index is 0.100. The zero-order valence-electron chi connectivity index (χ0n) is 16.9. The maximum atomic E-state index is 13.2. The van der Waals surface area contributed by atoms with Gasteiger partial charge in [-0.1, -0.05) is 54.6 Å². The molecule has 2 fully saturated rings. The van der Waals surface area contributed by atoms with E-state index in [1.807, 2.05) is 0 Å². The molecule has 3 aliphatic rings. The summed E-state index contributed by atoms with van der Waals surface area (Å²) in [7, 11) is 0. The molecule has 0 aromatic heterocycles. The van der Waals surface area contributed by atoms with E-state index in [0.717, 1.165) is 45.6 Å². The standard InChI is InChI=1S/C25H30N2O2/c28-25(26-15-20-11-6-10-18-9-4-5-12-21(18)20)27-16-22(19-7-2-1-3-8-19)23-17-29-14-13-24(23)27/h1-5,7-9,12,20,22-24H,6,10-11,13-17H2,(H,26,28). The highest BCUT2D eigenvalue weighted by Gasteiger charge is 2.45. The molecule has 0 radical (unpaired) electrons. The predicted molar refractivity (Wildman–Crippen MR) is 114 cm³/mol. The number of carbonyl (C=O) groups is 1. The summed E-state index contributed by atoms with van der Waals surface area (Å²) in [6.07, 6.45) is 4.46. The maximum Gasteiger partial charge on any atom is 0.317 e. The number of amides is 2. The van der Waals surface area contributed by atoms with Crippen LogP contribution in [0.1, 0.15) is 47.8 Å². The van der Waals surface area contributed by atoms with Crippen molar-refractivity contribution in [3.63, 3.8) is 0 Å². The lowest BCUT2D eigenvalue weighted by Gasteiger charge is -2.33. The van der Waals surface area contributed by atoms with Gasteiger partial charge < -0.3 is 15.0 Å². The second-order valence-corrected chi connectivity index (χ2v) is 8.74. The zero-order valence-corrected chi connectivity index (χ0v) is 16.9. The van der Waals surface area contributed by atoms with Gasteiger partial charge in [0.15, 0.2) is 0 Å². The number of aryl methyl sites for hydroxylation is 1. The molecular weight excluding hydrogens is 360 g/mol. The van der Waals surface area contributed by atoms with Crippen LogP contribution in [0.5, 0.6) is 0 Å². The monoisotopic (exact) mass is 390 g/mol. The van der Waals surface area contributed by atoms with Gasteiger partial charge in [0.2, 0.25) is 0 Å². The Morgan fingerprint density at radius 1 is 1.07 bits per heavy atom. The molecule has 4 heteroatoms. The number of hydrogen-bond acceptors (Lipinski definition) is 2. The minimum atomic E-state index is 0.100. The number of rotatable bonds is 3. The van der Waals surface area contributed by atoms with Crippen LogP contribution >= 0.6 is 0 Å². The van der Waals surface area contributed by atoms with E-state index in [9.17, 15) is 4.79 Å².